The number of nitrogens with zero attached hydrogens (tertiary/aromatic N) is 2. The van der Waals surface area contributed by atoms with Crippen LogP contribution in [0.25, 0.3) is 60.2 Å². The molecule has 3 nitrogen and oxygen atoms in total. The number of aliphatic imine (C=N–C) groups is 1. The van der Waals surface area contributed by atoms with Crippen LogP contribution in [0.4, 0.5) is 0 Å². The van der Waals surface area contributed by atoms with Gasteiger partial charge >= 0.3 is 0 Å². The summed E-state index contributed by atoms with van der Waals surface area (Å²) in [6.45, 7) is 0.640. The summed E-state index contributed by atoms with van der Waals surface area (Å²) >= 11 is 0. The number of aromatic nitrogens is 1. The topological polar surface area (TPSA) is 30.4 Å². The Morgan fingerprint density at radius 2 is 1.23 bits per heavy atom. The highest BCUT2D eigenvalue weighted by Crippen LogP contribution is 2.45. The Labute approximate surface area is 225 Å². The van der Waals surface area contributed by atoms with Gasteiger partial charge in [-0.1, -0.05) is 103 Å². The maximum atomic E-state index is 6.64. The lowest BCUT2D eigenvalue weighted by atomic mass is 9.99. The first-order valence-corrected chi connectivity index (χ1v) is 13.3. The second-order valence-corrected chi connectivity index (χ2v) is 9.97. The molecule has 39 heavy (non-hydrogen) atoms. The molecule has 8 rings (SSSR count). The van der Waals surface area contributed by atoms with Crippen LogP contribution in [0.15, 0.2) is 137 Å². The van der Waals surface area contributed by atoms with Crippen molar-refractivity contribution in [3.63, 3.8) is 0 Å². The minimum Gasteiger partial charge on any atom is -0.454 e. The minimum atomic E-state index is 0.640. The van der Waals surface area contributed by atoms with Crippen LogP contribution in [0, 0.1) is 0 Å². The van der Waals surface area contributed by atoms with Gasteiger partial charge in [0, 0.05) is 33.4 Å². The molecule has 0 spiro atoms. The number of benzene rings is 6. The molecule has 0 aliphatic heterocycles. The van der Waals surface area contributed by atoms with E-state index in [4.69, 9.17) is 4.42 Å². The Bertz CT molecular complexity index is 2180. The molecular formula is C36H24N2O. The number of rotatable bonds is 4. The van der Waals surface area contributed by atoms with Gasteiger partial charge in [0.2, 0.25) is 0 Å². The molecule has 184 valence electrons. The van der Waals surface area contributed by atoms with Crippen molar-refractivity contribution in [3.8, 4) is 5.69 Å². The average molecular weight is 501 g/mol. The van der Waals surface area contributed by atoms with Gasteiger partial charge in [-0.15, -0.1) is 0 Å². The summed E-state index contributed by atoms with van der Waals surface area (Å²) in [6.07, 6.45) is 1.93. The molecule has 0 aliphatic carbocycles. The SMILES string of the molecule is C(=N\Cc1ccc(-n2c3ccccc3c3c4ccccc4c4c5ccccc5oc4c32)cc1)/c1ccccc1. The number of para-hydroxylation sites is 2. The van der Waals surface area contributed by atoms with Crippen LogP contribution in [-0.4, -0.2) is 10.8 Å². The van der Waals surface area contributed by atoms with Gasteiger partial charge in [0.05, 0.1) is 17.6 Å². The fraction of sp³-hybridized carbons (Fsp3) is 0.0278. The third-order valence-electron chi connectivity index (χ3n) is 7.66. The van der Waals surface area contributed by atoms with E-state index in [1.807, 2.05) is 30.5 Å². The van der Waals surface area contributed by atoms with Crippen LogP contribution in [0.2, 0.25) is 0 Å². The van der Waals surface area contributed by atoms with Crippen LogP contribution in [0.5, 0.6) is 0 Å². The summed E-state index contributed by atoms with van der Waals surface area (Å²) < 4.78 is 9.00. The molecule has 0 radical (unpaired) electrons. The van der Waals surface area contributed by atoms with Crippen LogP contribution in [0.1, 0.15) is 11.1 Å². The molecular weight excluding hydrogens is 476 g/mol. The lowest BCUT2D eigenvalue weighted by Gasteiger charge is -2.10. The summed E-state index contributed by atoms with van der Waals surface area (Å²) in [5.74, 6) is 0. The maximum Gasteiger partial charge on any atom is 0.160 e. The molecule has 0 fully saturated rings. The van der Waals surface area contributed by atoms with Gasteiger partial charge in [-0.2, -0.15) is 0 Å². The molecule has 0 N–H and O–H groups in total. The van der Waals surface area contributed by atoms with E-state index in [2.05, 4.69) is 113 Å². The molecule has 0 atom stereocenters. The summed E-state index contributed by atoms with van der Waals surface area (Å²) in [4.78, 5) is 4.66. The summed E-state index contributed by atoms with van der Waals surface area (Å²) in [5.41, 5.74) is 7.50. The predicted molar refractivity (Wildman–Crippen MR) is 163 cm³/mol. The average Bonchev–Trinajstić information content (AvgIpc) is 3.55. The zero-order chi connectivity index (χ0) is 25.8. The van der Waals surface area contributed by atoms with E-state index in [0.717, 1.165) is 33.3 Å². The van der Waals surface area contributed by atoms with Gasteiger partial charge in [-0.05, 0) is 46.2 Å². The van der Waals surface area contributed by atoms with Crippen molar-refractivity contribution in [1.82, 2.24) is 4.57 Å². The molecule has 0 aliphatic rings. The highest BCUT2D eigenvalue weighted by Gasteiger charge is 2.22. The molecule has 0 saturated heterocycles. The standard InChI is InChI=1S/C36H24N2O/c1-2-10-24(11-3-1)22-37-23-25-18-20-26(21-19-25)38-31-16-8-6-14-29(31)33-27-12-4-5-13-28(27)34-30-15-7-9-17-32(30)39-36(34)35(33)38/h1-22H,23H2/b37-22+. The first kappa shape index (κ1) is 21.9. The van der Waals surface area contributed by atoms with Crippen LogP contribution >= 0.6 is 0 Å². The molecule has 0 amide bonds. The molecule has 0 unspecified atom stereocenters. The first-order chi connectivity index (χ1) is 19.4. The Kier molecular flexibility index (Phi) is 4.89. The van der Waals surface area contributed by atoms with Crippen LogP contribution in [0.3, 0.4) is 0 Å². The van der Waals surface area contributed by atoms with Crippen molar-refractivity contribution in [2.75, 3.05) is 0 Å². The summed E-state index contributed by atoms with van der Waals surface area (Å²) in [7, 11) is 0. The third-order valence-corrected chi connectivity index (χ3v) is 7.66. The van der Waals surface area contributed by atoms with Gasteiger partial charge in [0.15, 0.2) is 5.58 Å². The van der Waals surface area contributed by atoms with Crippen molar-refractivity contribution in [3.05, 3.63) is 139 Å². The number of fused-ring (bicyclic) bond motifs is 10. The summed E-state index contributed by atoms with van der Waals surface area (Å²) in [6, 6.07) is 44.7. The van der Waals surface area contributed by atoms with Crippen molar-refractivity contribution in [1.29, 1.82) is 0 Å². The first-order valence-electron chi connectivity index (χ1n) is 13.3. The normalized spacial score (nSPS) is 12.1. The molecule has 3 heteroatoms. The van der Waals surface area contributed by atoms with Crippen molar-refractivity contribution in [2.24, 2.45) is 4.99 Å². The van der Waals surface area contributed by atoms with Gasteiger partial charge in [-0.25, -0.2) is 0 Å². The lowest BCUT2D eigenvalue weighted by Crippen LogP contribution is -1.95. The molecule has 0 saturated carbocycles. The van der Waals surface area contributed by atoms with Crippen LogP contribution in [-0.2, 0) is 6.54 Å². The van der Waals surface area contributed by atoms with E-state index >= 15 is 0 Å². The van der Waals surface area contributed by atoms with Crippen molar-refractivity contribution >= 4 is 60.7 Å². The molecule has 6 aromatic carbocycles. The van der Waals surface area contributed by atoms with Crippen LogP contribution < -0.4 is 0 Å². The van der Waals surface area contributed by atoms with Gasteiger partial charge in [0.1, 0.15) is 5.58 Å². The molecule has 8 aromatic rings. The third kappa shape index (κ3) is 3.40. The predicted octanol–water partition coefficient (Wildman–Crippen LogP) is 9.46. The second-order valence-electron chi connectivity index (χ2n) is 9.97. The Balaban J connectivity index is 1.37. The van der Waals surface area contributed by atoms with E-state index in [0.29, 0.717) is 6.54 Å². The molecule has 2 aromatic heterocycles. The maximum absolute atomic E-state index is 6.64. The van der Waals surface area contributed by atoms with Crippen molar-refractivity contribution in [2.45, 2.75) is 6.54 Å². The van der Waals surface area contributed by atoms with E-state index < -0.39 is 0 Å². The smallest absolute Gasteiger partial charge is 0.160 e. The lowest BCUT2D eigenvalue weighted by molar-refractivity contribution is 0.671. The second kappa shape index (κ2) is 8.71. The number of hydrogen-bond donors (Lipinski definition) is 0. The van der Waals surface area contributed by atoms with Gasteiger partial charge in [0.25, 0.3) is 0 Å². The summed E-state index contributed by atoms with van der Waals surface area (Å²) in [5, 5.41) is 7.23. The van der Waals surface area contributed by atoms with E-state index in [1.54, 1.807) is 0 Å². The number of furan rings is 1. The van der Waals surface area contributed by atoms with Crippen molar-refractivity contribution < 1.29 is 4.42 Å². The van der Waals surface area contributed by atoms with E-state index in [-0.39, 0.29) is 0 Å². The largest absolute Gasteiger partial charge is 0.454 e. The monoisotopic (exact) mass is 500 g/mol. The Morgan fingerprint density at radius 1 is 0.590 bits per heavy atom. The Hall–Kier alpha value is -5.15. The van der Waals surface area contributed by atoms with E-state index in [9.17, 15) is 0 Å². The van der Waals surface area contributed by atoms with Gasteiger partial charge in [-0.3, -0.25) is 4.99 Å². The fourth-order valence-electron chi connectivity index (χ4n) is 5.94. The minimum absolute atomic E-state index is 0.640. The Morgan fingerprint density at radius 3 is 2.03 bits per heavy atom. The number of hydrogen-bond acceptors (Lipinski definition) is 2. The highest BCUT2D eigenvalue weighted by molar-refractivity contribution is 6.34. The molecule has 0 bridgehead atoms. The molecule has 2 heterocycles. The zero-order valence-corrected chi connectivity index (χ0v) is 21.2. The van der Waals surface area contributed by atoms with Gasteiger partial charge < -0.3 is 8.98 Å². The highest BCUT2D eigenvalue weighted by atomic mass is 16.3. The quantitative estimate of drug-likeness (QED) is 0.221. The fourth-order valence-corrected chi connectivity index (χ4v) is 5.94. The van der Waals surface area contributed by atoms with E-state index in [1.165, 1.54) is 38.0 Å². The zero-order valence-electron chi connectivity index (χ0n) is 21.2.